The molecule has 2 N–H and O–H groups in total. The molecule has 0 aromatic carbocycles. The first kappa shape index (κ1) is 12.8. The standard InChI is InChI=1S/C16H15N5O/c17-14-9-21(10-20-14)13-3-4-15(19-8-13)22-16-7-12(5-6-18-16)11-1-2-11/h3-11H,1-2,17H2. The van der Waals surface area contributed by atoms with Crippen molar-refractivity contribution in [3.05, 3.63) is 54.7 Å². The SMILES string of the molecule is Nc1cn(-c2ccc(Oc3cc(C4CC4)ccn3)nc2)cn1. The molecule has 3 heterocycles. The zero-order valence-electron chi connectivity index (χ0n) is 11.9. The summed E-state index contributed by atoms with van der Waals surface area (Å²) >= 11 is 0. The van der Waals surface area contributed by atoms with E-state index in [1.807, 2.05) is 18.2 Å². The summed E-state index contributed by atoms with van der Waals surface area (Å²) in [6.45, 7) is 0. The fourth-order valence-corrected chi connectivity index (χ4v) is 2.32. The summed E-state index contributed by atoms with van der Waals surface area (Å²) in [7, 11) is 0. The van der Waals surface area contributed by atoms with Crippen molar-refractivity contribution in [3.8, 4) is 17.4 Å². The summed E-state index contributed by atoms with van der Waals surface area (Å²) in [4.78, 5) is 12.5. The normalized spacial score (nSPS) is 14.0. The molecular weight excluding hydrogens is 278 g/mol. The van der Waals surface area contributed by atoms with Gasteiger partial charge in [-0.05, 0) is 36.5 Å². The van der Waals surface area contributed by atoms with Gasteiger partial charge in [0.15, 0.2) is 0 Å². The van der Waals surface area contributed by atoms with Crippen LogP contribution >= 0.6 is 0 Å². The van der Waals surface area contributed by atoms with E-state index in [1.165, 1.54) is 18.4 Å². The predicted octanol–water partition coefficient (Wildman–Crippen LogP) is 2.91. The lowest BCUT2D eigenvalue weighted by atomic mass is 10.2. The number of pyridine rings is 2. The maximum atomic E-state index is 5.72. The lowest BCUT2D eigenvalue weighted by Gasteiger charge is -2.06. The molecule has 110 valence electrons. The number of anilines is 1. The van der Waals surface area contributed by atoms with E-state index in [-0.39, 0.29) is 0 Å². The molecule has 0 spiro atoms. The first-order valence-corrected chi connectivity index (χ1v) is 7.17. The molecule has 0 saturated heterocycles. The van der Waals surface area contributed by atoms with E-state index in [4.69, 9.17) is 10.5 Å². The van der Waals surface area contributed by atoms with Crippen molar-refractivity contribution in [2.75, 3.05) is 5.73 Å². The highest BCUT2D eigenvalue weighted by Crippen LogP contribution is 2.40. The maximum Gasteiger partial charge on any atom is 0.221 e. The average Bonchev–Trinajstić information content (AvgIpc) is 3.30. The minimum absolute atomic E-state index is 0.474. The van der Waals surface area contributed by atoms with Crippen LogP contribution < -0.4 is 10.5 Å². The molecule has 6 heteroatoms. The van der Waals surface area contributed by atoms with Crippen LogP contribution in [0.2, 0.25) is 0 Å². The number of imidazole rings is 1. The minimum Gasteiger partial charge on any atom is -0.421 e. The molecule has 0 amide bonds. The van der Waals surface area contributed by atoms with Crippen molar-refractivity contribution in [1.82, 2.24) is 19.5 Å². The zero-order chi connectivity index (χ0) is 14.9. The van der Waals surface area contributed by atoms with E-state index in [2.05, 4.69) is 15.0 Å². The summed E-state index contributed by atoms with van der Waals surface area (Å²) in [6, 6.07) is 7.74. The van der Waals surface area contributed by atoms with Gasteiger partial charge in [-0.25, -0.2) is 15.0 Å². The van der Waals surface area contributed by atoms with Crippen molar-refractivity contribution >= 4 is 5.82 Å². The number of ether oxygens (including phenoxy) is 1. The number of aromatic nitrogens is 4. The van der Waals surface area contributed by atoms with E-state index < -0.39 is 0 Å². The molecule has 4 rings (SSSR count). The second-order valence-electron chi connectivity index (χ2n) is 5.36. The molecule has 6 nitrogen and oxygen atoms in total. The van der Waals surface area contributed by atoms with Gasteiger partial charge in [0.25, 0.3) is 0 Å². The van der Waals surface area contributed by atoms with E-state index in [0.29, 0.717) is 23.5 Å². The molecule has 1 aliphatic rings. The quantitative estimate of drug-likeness (QED) is 0.800. The van der Waals surface area contributed by atoms with Gasteiger partial charge < -0.3 is 15.0 Å². The maximum absolute atomic E-state index is 5.72. The summed E-state index contributed by atoms with van der Waals surface area (Å²) in [5.74, 6) is 2.24. The monoisotopic (exact) mass is 293 g/mol. The molecule has 0 aliphatic heterocycles. The Morgan fingerprint density at radius 3 is 2.68 bits per heavy atom. The predicted molar refractivity (Wildman–Crippen MR) is 82.1 cm³/mol. The third-order valence-electron chi connectivity index (χ3n) is 3.64. The van der Waals surface area contributed by atoms with Crippen molar-refractivity contribution in [3.63, 3.8) is 0 Å². The first-order chi connectivity index (χ1) is 10.8. The van der Waals surface area contributed by atoms with Crippen molar-refractivity contribution in [1.29, 1.82) is 0 Å². The van der Waals surface area contributed by atoms with Crippen LogP contribution in [0.1, 0.15) is 24.3 Å². The van der Waals surface area contributed by atoms with E-state index in [9.17, 15) is 0 Å². The number of nitrogens with zero attached hydrogens (tertiary/aromatic N) is 4. The Kier molecular flexibility index (Phi) is 3.00. The molecular formula is C16H15N5O. The second-order valence-corrected chi connectivity index (χ2v) is 5.36. The van der Waals surface area contributed by atoms with E-state index in [1.54, 1.807) is 35.6 Å². The molecule has 1 fully saturated rings. The van der Waals surface area contributed by atoms with Crippen LogP contribution in [-0.2, 0) is 0 Å². The fraction of sp³-hybridized carbons (Fsp3) is 0.188. The van der Waals surface area contributed by atoms with Gasteiger partial charge in [0.1, 0.15) is 12.1 Å². The number of hydrogen-bond acceptors (Lipinski definition) is 5. The molecule has 1 saturated carbocycles. The van der Waals surface area contributed by atoms with Gasteiger partial charge in [-0.3, -0.25) is 0 Å². The van der Waals surface area contributed by atoms with Gasteiger partial charge >= 0.3 is 0 Å². The Labute approximate surface area is 127 Å². The molecule has 22 heavy (non-hydrogen) atoms. The highest BCUT2D eigenvalue weighted by Gasteiger charge is 2.23. The van der Waals surface area contributed by atoms with Crippen LogP contribution in [0.25, 0.3) is 5.69 Å². The topological polar surface area (TPSA) is 78.9 Å². The third kappa shape index (κ3) is 2.63. The van der Waals surface area contributed by atoms with Gasteiger partial charge in [-0.2, -0.15) is 0 Å². The summed E-state index contributed by atoms with van der Waals surface area (Å²) < 4.78 is 7.52. The highest BCUT2D eigenvalue weighted by atomic mass is 16.5. The molecule has 0 unspecified atom stereocenters. The van der Waals surface area contributed by atoms with Gasteiger partial charge in [-0.15, -0.1) is 0 Å². The lowest BCUT2D eigenvalue weighted by molar-refractivity contribution is 0.444. The summed E-state index contributed by atoms with van der Waals surface area (Å²) in [6.07, 6.45) is 9.38. The summed E-state index contributed by atoms with van der Waals surface area (Å²) in [5, 5.41) is 0. The van der Waals surface area contributed by atoms with Crippen LogP contribution in [-0.4, -0.2) is 19.5 Å². The van der Waals surface area contributed by atoms with Crippen LogP contribution in [0.4, 0.5) is 5.82 Å². The molecule has 0 radical (unpaired) electrons. The number of nitrogen functional groups attached to an aromatic ring is 1. The second kappa shape index (κ2) is 5.14. The van der Waals surface area contributed by atoms with Gasteiger partial charge in [0.2, 0.25) is 11.8 Å². The van der Waals surface area contributed by atoms with Crippen LogP contribution in [0.15, 0.2) is 49.2 Å². The van der Waals surface area contributed by atoms with Gasteiger partial charge in [-0.1, -0.05) is 0 Å². The highest BCUT2D eigenvalue weighted by molar-refractivity contribution is 5.36. The van der Waals surface area contributed by atoms with Crippen LogP contribution in [0.3, 0.4) is 0 Å². The lowest BCUT2D eigenvalue weighted by Crippen LogP contribution is -1.95. The number of rotatable bonds is 4. The Morgan fingerprint density at radius 1 is 1.09 bits per heavy atom. The fourth-order valence-electron chi connectivity index (χ4n) is 2.32. The van der Waals surface area contributed by atoms with E-state index >= 15 is 0 Å². The molecule has 1 aliphatic carbocycles. The number of hydrogen-bond donors (Lipinski definition) is 1. The van der Waals surface area contributed by atoms with Gasteiger partial charge in [0.05, 0.1) is 18.1 Å². The first-order valence-electron chi connectivity index (χ1n) is 7.17. The smallest absolute Gasteiger partial charge is 0.221 e. The van der Waals surface area contributed by atoms with Crippen molar-refractivity contribution in [2.45, 2.75) is 18.8 Å². The average molecular weight is 293 g/mol. The van der Waals surface area contributed by atoms with Crippen LogP contribution in [0, 0.1) is 0 Å². The minimum atomic E-state index is 0.474. The molecule has 3 aromatic rings. The summed E-state index contributed by atoms with van der Waals surface area (Å²) in [5.41, 5.74) is 7.77. The Hall–Kier alpha value is -2.89. The Balaban J connectivity index is 1.52. The molecule has 0 bridgehead atoms. The Bertz CT molecular complexity index is 792. The Morgan fingerprint density at radius 2 is 2.00 bits per heavy atom. The molecule has 0 atom stereocenters. The molecule has 3 aromatic heterocycles. The third-order valence-corrected chi connectivity index (χ3v) is 3.64. The van der Waals surface area contributed by atoms with Crippen molar-refractivity contribution < 1.29 is 4.74 Å². The zero-order valence-corrected chi connectivity index (χ0v) is 11.9. The van der Waals surface area contributed by atoms with E-state index in [0.717, 1.165) is 5.69 Å². The van der Waals surface area contributed by atoms with Crippen LogP contribution in [0.5, 0.6) is 11.8 Å². The largest absolute Gasteiger partial charge is 0.421 e. The number of nitrogens with two attached hydrogens (primary N) is 1. The van der Waals surface area contributed by atoms with Crippen molar-refractivity contribution in [2.24, 2.45) is 0 Å². The van der Waals surface area contributed by atoms with Gasteiger partial charge in [0, 0.05) is 18.3 Å².